The van der Waals surface area contributed by atoms with E-state index >= 15 is 0 Å². The lowest BCUT2D eigenvalue weighted by molar-refractivity contribution is 0.0591. The fourth-order valence-corrected chi connectivity index (χ4v) is 5.63. The number of piperazine rings is 1. The molecule has 9 nitrogen and oxygen atoms in total. The topological polar surface area (TPSA) is 89.1 Å². The van der Waals surface area contributed by atoms with Crippen LogP contribution in [0.1, 0.15) is 45.6 Å². The number of rotatable bonds is 6. The van der Waals surface area contributed by atoms with Crippen LogP contribution < -0.4 is 10.2 Å². The van der Waals surface area contributed by atoms with Crippen molar-refractivity contribution in [2.24, 2.45) is 0 Å². The lowest BCUT2D eigenvalue weighted by Crippen LogP contribution is -2.53. The molecule has 2 N–H and O–H groups in total. The van der Waals surface area contributed by atoms with Crippen molar-refractivity contribution in [3.63, 3.8) is 0 Å². The first-order chi connectivity index (χ1) is 18.9. The molecule has 2 aliphatic heterocycles. The Labute approximate surface area is 230 Å². The van der Waals surface area contributed by atoms with Crippen molar-refractivity contribution in [2.45, 2.75) is 52.1 Å². The first-order valence-electron chi connectivity index (χ1n) is 14.2. The number of imidazole rings is 1. The van der Waals surface area contributed by atoms with Crippen molar-refractivity contribution in [1.82, 2.24) is 34.7 Å². The fraction of sp³-hybridized carbons (Fsp3) is 0.467. The normalized spacial score (nSPS) is 17.6. The van der Waals surface area contributed by atoms with Crippen LogP contribution in [0.15, 0.2) is 48.9 Å². The van der Waals surface area contributed by atoms with Gasteiger partial charge in [-0.25, -0.2) is 19.9 Å². The second-order valence-corrected chi connectivity index (χ2v) is 11.7. The Morgan fingerprint density at radius 1 is 0.872 bits per heavy atom. The van der Waals surface area contributed by atoms with Crippen molar-refractivity contribution in [2.75, 3.05) is 49.5 Å². The van der Waals surface area contributed by atoms with Crippen LogP contribution in [0.3, 0.4) is 0 Å². The minimum atomic E-state index is 0.234. The van der Waals surface area contributed by atoms with Crippen LogP contribution in [0, 0.1) is 0 Å². The molecule has 6 rings (SSSR count). The van der Waals surface area contributed by atoms with E-state index in [1.807, 2.05) is 12.3 Å². The molecule has 0 amide bonds. The van der Waals surface area contributed by atoms with E-state index in [1.165, 1.54) is 24.8 Å². The summed E-state index contributed by atoms with van der Waals surface area (Å²) in [6.45, 7) is 14.3. The molecule has 0 unspecified atom stereocenters. The highest BCUT2D eigenvalue weighted by atomic mass is 15.3. The van der Waals surface area contributed by atoms with Crippen molar-refractivity contribution >= 4 is 28.6 Å². The number of hydrogen-bond donors (Lipinski definition) is 2. The maximum absolute atomic E-state index is 4.75. The molecule has 0 spiro atoms. The molecule has 0 aliphatic carbocycles. The van der Waals surface area contributed by atoms with Gasteiger partial charge in [-0.3, -0.25) is 9.80 Å². The van der Waals surface area contributed by atoms with Gasteiger partial charge in [0.2, 0.25) is 5.95 Å². The zero-order valence-corrected chi connectivity index (χ0v) is 23.3. The summed E-state index contributed by atoms with van der Waals surface area (Å²) in [6.07, 6.45) is 7.30. The maximum atomic E-state index is 4.75. The van der Waals surface area contributed by atoms with Gasteiger partial charge in [-0.1, -0.05) is 6.07 Å². The SMILES string of the molecule is CC(C)(C)N1CCN(Cc2ccnc(Nc3nc4ccc(-c5cc(N6CCCCC6)ncn5)cc4[nH]3)c2)CC1. The summed E-state index contributed by atoms with van der Waals surface area (Å²) >= 11 is 0. The van der Waals surface area contributed by atoms with Crippen molar-refractivity contribution < 1.29 is 0 Å². The van der Waals surface area contributed by atoms with Gasteiger partial charge < -0.3 is 15.2 Å². The van der Waals surface area contributed by atoms with Gasteiger partial charge in [0.1, 0.15) is 18.0 Å². The predicted octanol–water partition coefficient (Wildman–Crippen LogP) is 5.06. The van der Waals surface area contributed by atoms with E-state index in [2.05, 4.69) is 91.1 Å². The fourth-order valence-electron chi connectivity index (χ4n) is 5.63. The highest BCUT2D eigenvalue weighted by molar-refractivity contribution is 5.83. The standard InChI is InChI=1S/C30H39N9/c1-30(2,3)39-15-13-37(14-16-39)20-22-9-10-31-27(17-22)36-29-34-24-8-7-23(18-26(24)35-29)25-19-28(33-21-32-25)38-11-5-4-6-12-38/h7-10,17-19,21H,4-6,11-16,20H2,1-3H3,(H2,31,34,35,36). The van der Waals surface area contributed by atoms with Crippen molar-refractivity contribution in [3.05, 3.63) is 54.5 Å². The molecule has 3 aromatic heterocycles. The smallest absolute Gasteiger partial charge is 0.206 e. The lowest BCUT2D eigenvalue weighted by Gasteiger charge is -2.42. The van der Waals surface area contributed by atoms with E-state index in [4.69, 9.17) is 4.98 Å². The third-order valence-corrected chi connectivity index (χ3v) is 7.91. The van der Waals surface area contributed by atoms with Gasteiger partial charge >= 0.3 is 0 Å². The summed E-state index contributed by atoms with van der Waals surface area (Å²) in [5, 5.41) is 3.37. The largest absolute Gasteiger partial charge is 0.357 e. The Hall–Kier alpha value is -3.56. The van der Waals surface area contributed by atoms with Crippen LogP contribution in [-0.2, 0) is 6.54 Å². The number of hydrogen-bond acceptors (Lipinski definition) is 8. The van der Waals surface area contributed by atoms with Crippen LogP contribution in [0.2, 0.25) is 0 Å². The molecule has 1 aromatic carbocycles. The molecule has 204 valence electrons. The average Bonchev–Trinajstić information content (AvgIpc) is 3.35. The Balaban J connectivity index is 1.13. The molecule has 0 saturated carbocycles. The lowest BCUT2D eigenvalue weighted by atomic mass is 10.0. The van der Waals surface area contributed by atoms with E-state index < -0.39 is 0 Å². The third kappa shape index (κ3) is 6.04. The third-order valence-electron chi connectivity index (χ3n) is 7.91. The summed E-state index contributed by atoms with van der Waals surface area (Å²) < 4.78 is 0. The number of nitrogens with one attached hydrogen (secondary N) is 2. The molecular weight excluding hydrogens is 486 g/mol. The van der Waals surface area contributed by atoms with E-state index in [0.717, 1.165) is 79.7 Å². The molecule has 39 heavy (non-hydrogen) atoms. The van der Waals surface area contributed by atoms with Gasteiger partial charge in [0, 0.05) is 69.2 Å². The molecule has 0 atom stereocenters. The second kappa shape index (κ2) is 10.9. The first-order valence-corrected chi connectivity index (χ1v) is 14.2. The van der Waals surface area contributed by atoms with Crippen LogP contribution in [-0.4, -0.2) is 79.5 Å². The van der Waals surface area contributed by atoms with Crippen LogP contribution in [0.25, 0.3) is 22.3 Å². The van der Waals surface area contributed by atoms with Gasteiger partial charge in [0.05, 0.1) is 16.7 Å². The molecule has 2 aliphatic rings. The summed E-state index contributed by atoms with van der Waals surface area (Å²) in [6, 6.07) is 12.5. The summed E-state index contributed by atoms with van der Waals surface area (Å²) in [7, 11) is 0. The Kier molecular flexibility index (Phi) is 7.18. The number of pyridine rings is 1. The van der Waals surface area contributed by atoms with Crippen LogP contribution in [0.5, 0.6) is 0 Å². The van der Waals surface area contributed by atoms with Crippen LogP contribution in [0.4, 0.5) is 17.6 Å². The number of fused-ring (bicyclic) bond motifs is 1. The quantitative estimate of drug-likeness (QED) is 0.361. The Morgan fingerprint density at radius 3 is 2.49 bits per heavy atom. The number of H-pyrrole nitrogens is 1. The monoisotopic (exact) mass is 525 g/mol. The zero-order chi connectivity index (χ0) is 26.8. The van der Waals surface area contributed by atoms with E-state index in [-0.39, 0.29) is 5.54 Å². The minimum absolute atomic E-state index is 0.234. The molecule has 2 fully saturated rings. The first kappa shape index (κ1) is 25.7. The Morgan fingerprint density at radius 2 is 1.69 bits per heavy atom. The number of anilines is 3. The summed E-state index contributed by atoms with van der Waals surface area (Å²) in [4.78, 5) is 29.2. The minimum Gasteiger partial charge on any atom is -0.357 e. The van der Waals surface area contributed by atoms with Crippen molar-refractivity contribution in [1.29, 1.82) is 0 Å². The number of nitrogens with zero attached hydrogens (tertiary/aromatic N) is 7. The summed E-state index contributed by atoms with van der Waals surface area (Å²) in [5.41, 5.74) is 5.32. The predicted molar refractivity (Wildman–Crippen MR) is 157 cm³/mol. The van der Waals surface area contributed by atoms with Gasteiger partial charge in [0.15, 0.2) is 0 Å². The van der Waals surface area contributed by atoms with E-state index in [0.29, 0.717) is 5.95 Å². The number of aromatic amines is 1. The van der Waals surface area contributed by atoms with E-state index in [1.54, 1.807) is 6.33 Å². The average molecular weight is 526 g/mol. The highest BCUT2D eigenvalue weighted by Crippen LogP contribution is 2.27. The van der Waals surface area contributed by atoms with Gasteiger partial charge in [-0.05, 0) is 69.9 Å². The van der Waals surface area contributed by atoms with Gasteiger partial charge in [0.25, 0.3) is 0 Å². The Bertz CT molecular complexity index is 1410. The van der Waals surface area contributed by atoms with Crippen molar-refractivity contribution in [3.8, 4) is 11.3 Å². The van der Waals surface area contributed by atoms with E-state index in [9.17, 15) is 0 Å². The molecule has 2 saturated heterocycles. The molecule has 5 heterocycles. The number of benzene rings is 1. The molecule has 0 radical (unpaired) electrons. The highest BCUT2D eigenvalue weighted by Gasteiger charge is 2.25. The number of aromatic nitrogens is 5. The molecule has 9 heteroatoms. The second-order valence-electron chi connectivity index (χ2n) is 11.7. The maximum Gasteiger partial charge on any atom is 0.206 e. The summed E-state index contributed by atoms with van der Waals surface area (Å²) in [5.74, 6) is 2.48. The van der Waals surface area contributed by atoms with Gasteiger partial charge in [-0.15, -0.1) is 0 Å². The van der Waals surface area contributed by atoms with Gasteiger partial charge in [-0.2, -0.15) is 0 Å². The van der Waals surface area contributed by atoms with Crippen LogP contribution >= 0.6 is 0 Å². The molecule has 4 aromatic rings. The number of piperidine rings is 1. The molecular formula is C30H39N9. The zero-order valence-electron chi connectivity index (χ0n) is 23.3. The molecule has 0 bridgehead atoms.